The van der Waals surface area contributed by atoms with E-state index in [0.717, 1.165) is 11.1 Å². The van der Waals surface area contributed by atoms with Gasteiger partial charge in [-0.1, -0.05) is 12.1 Å². The average molecular weight is 412 g/mol. The van der Waals surface area contributed by atoms with Crippen molar-refractivity contribution in [1.29, 1.82) is 0 Å². The number of amides is 1. The molecule has 1 amide bonds. The van der Waals surface area contributed by atoms with Gasteiger partial charge in [-0.2, -0.15) is 0 Å². The minimum Gasteiger partial charge on any atom is -0.493 e. The lowest BCUT2D eigenvalue weighted by atomic mass is 10.1. The smallest absolute Gasteiger partial charge is 0.307 e. The van der Waals surface area contributed by atoms with Gasteiger partial charge in [-0.25, -0.2) is 0 Å². The van der Waals surface area contributed by atoms with E-state index in [-0.39, 0.29) is 24.8 Å². The van der Waals surface area contributed by atoms with Crippen molar-refractivity contribution in [2.45, 2.75) is 26.8 Å². The van der Waals surface area contributed by atoms with Crippen LogP contribution in [0.4, 0.5) is 0 Å². The van der Waals surface area contributed by atoms with Gasteiger partial charge in [-0.05, 0) is 49.2 Å². The summed E-state index contributed by atoms with van der Waals surface area (Å²) < 4.78 is 15.8. The molecule has 0 unspecified atom stereocenters. The van der Waals surface area contributed by atoms with Crippen LogP contribution in [0.3, 0.4) is 0 Å². The third-order valence-electron chi connectivity index (χ3n) is 4.20. The van der Waals surface area contributed by atoms with E-state index in [0.29, 0.717) is 31.3 Å². The Morgan fingerprint density at radius 3 is 2.63 bits per heavy atom. The summed E-state index contributed by atoms with van der Waals surface area (Å²) >= 11 is 0. The molecule has 0 saturated carbocycles. The van der Waals surface area contributed by atoms with E-state index >= 15 is 0 Å². The second-order valence-electron chi connectivity index (χ2n) is 6.35. The summed E-state index contributed by atoms with van der Waals surface area (Å²) in [4.78, 5) is 30.2. The van der Waals surface area contributed by atoms with Crippen LogP contribution in [0.15, 0.2) is 48.8 Å². The van der Waals surface area contributed by atoms with Crippen LogP contribution in [0.25, 0.3) is 6.08 Å². The molecule has 7 nitrogen and oxygen atoms in total. The van der Waals surface area contributed by atoms with Crippen molar-refractivity contribution in [1.82, 2.24) is 9.88 Å². The molecule has 1 aromatic carbocycles. The van der Waals surface area contributed by atoms with Crippen LogP contribution in [0.2, 0.25) is 0 Å². The Balaban J connectivity index is 2.12. The van der Waals surface area contributed by atoms with E-state index < -0.39 is 0 Å². The Labute approximate surface area is 177 Å². The molecule has 0 aliphatic heterocycles. The fraction of sp³-hybridized carbons (Fsp3) is 0.348. The first-order valence-electron chi connectivity index (χ1n) is 9.89. The number of nitrogens with zero attached hydrogens (tertiary/aromatic N) is 2. The van der Waals surface area contributed by atoms with Gasteiger partial charge in [0.25, 0.3) is 0 Å². The summed E-state index contributed by atoms with van der Waals surface area (Å²) in [5.74, 6) is 0.704. The van der Waals surface area contributed by atoms with E-state index in [1.807, 2.05) is 25.1 Å². The number of hydrogen-bond acceptors (Lipinski definition) is 6. The van der Waals surface area contributed by atoms with E-state index in [1.165, 1.54) is 6.08 Å². The van der Waals surface area contributed by atoms with Gasteiger partial charge in [-0.3, -0.25) is 14.6 Å². The highest BCUT2D eigenvalue weighted by Crippen LogP contribution is 2.28. The fourth-order valence-corrected chi connectivity index (χ4v) is 2.77. The standard InChI is InChI=1S/C23H28N2O5/c1-4-29-20-10-8-18(15-21(20)28-3)9-11-22(26)25(14-12-23(27)30-5-2)17-19-7-6-13-24-16-19/h6-11,13,15-16H,4-5,12,14,17H2,1-3H3/b11-9+. The highest BCUT2D eigenvalue weighted by molar-refractivity contribution is 5.92. The Morgan fingerprint density at radius 2 is 1.97 bits per heavy atom. The van der Waals surface area contributed by atoms with Crippen LogP contribution in [0, 0.1) is 0 Å². The molecule has 2 rings (SSSR count). The molecule has 0 saturated heterocycles. The van der Waals surface area contributed by atoms with E-state index in [1.54, 1.807) is 49.5 Å². The van der Waals surface area contributed by atoms with Gasteiger partial charge in [0.05, 0.1) is 26.7 Å². The number of methoxy groups -OCH3 is 1. The topological polar surface area (TPSA) is 78.0 Å². The minimum atomic E-state index is -0.332. The first kappa shape index (κ1) is 22.9. The Bertz CT molecular complexity index is 852. The van der Waals surface area contributed by atoms with Crippen LogP contribution in [-0.4, -0.2) is 48.6 Å². The number of pyridine rings is 1. The fourth-order valence-electron chi connectivity index (χ4n) is 2.77. The summed E-state index contributed by atoms with van der Waals surface area (Å²) in [6.45, 7) is 5.11. The van der Waals surface area contributed by atoms with Crippen molar-refractivity contribution < 1.29 is 23.8 Å². The second-order valence-corrected chi connectivity index (χ2v) is 6.35. The SMILES string of the molecule is CCOC(=O)CCN(Cc1cccnc1)C(=O)/C=C/c1ccc(OCC)c(OC)c1. The van der Waals surface area contributed by atoms with Crippen molar-refractivity contribution in [3.8, 4) is 11.5 Å². The molecular weight excluding hydrogens is 384 g/mol. The maximum atomic E-state index is 12.8. The number of carbonyl (C=O) groups is 2. The third kappa shape index (κ3) is 7.24. The molecule has 2 aromatic rings. The predicted molar refractivity (Wildman–Crippen MR) is 114 cm³/mol. The first-order valence-corrected chi connectivity index (χ1v) is 9.89. The van der Waals surface area contributed by atoms with Crippen LogP contribution in [-0.2, 0) is 20.9 Å². The maximum absolute atomic E-state index is 12.8. The monoisotopic (exact) mass is 412 g/mol. The number of carbonyl (C=O) groups excluding carboxylic acids is 2. The van der Waals surface area contributed by atoms with E-state index in [9.17, 15) is 9.59 Å². The van der Waals surface area contributed by atoms with Crippen LogP contribution < -0.4 is 9.47 Å². The highest BCUT2D eigenvalue weighted by Gasteiger charge is 2.14. The molecule has 0 fully saturated rings. The quantitative estimate of drug-likeness (QED) is 0.415. The summed E-state index contributed by atoms with van der Waals surface area (Å²) in [5, 5.41) is 0. The third-order valence-corrected chi connectivity index (χ3v) is 4.20. The lowest BCUT2D eigenvalue weighted by molar-refractivity contribution is -0.143. The highest BCUT2D eigenvalue weighted by atomic mass is 16.5. The zero-order chi connectivity index (χ0) is 21.8. The number of ether oxygens (including phenoxy) is 3. The Morgan fingerprint density at radius 1 is 1.13 bits per heavy atom. The summed E-state index contributed by atoms with van der Waals surface area (Å²) in [7, 11) is 1.57. The van der Waals surface area contributed by atoms with Gasteiger partial charge in [0.15, 0.2) is 11.5 Å². The molecule has 0 aliphatic rings. The van der Waals surface area contributed by atoms with E-state index in [4.69, 9.17) is 14.2 Å². The largest absolute Gasteiger partial charge is 0.493 e. The molecule has 1 aromatic heterocycles. The molecule has 30 heavy (non-hydrogen) atoms. The Hall–Kier alpha value is -3.35. The molecule has 0 N–H and O–H groups in total. The van der Waals surface area contributed by atoms with Gasteiger partial charge in [0, 0.05) is 31.6 Å². The molecule has 0 spiro atoms. The summed E-state index contributed by atoms with van der Waals surface area (Å²) in [6, 6.07) is 9.16. The normalized spacial score (nSPS) is 10.6. The first-order chi connectivity index (χ1) is 14.6. The molecule has 1 heterocycles. The molecule has 0 atom stereocenters. The number of hydrogen-bond donors (Lipinski definition) is 0. The molecule has 160 valence electrons. The number of aromatic nitrogens is 1. The molecule has 7 heteroatoms. The van der Waals surface area contributed by atoms with Crippen molar-refractivity contribution >= 4 is 18.0 Å². The molecule has 0 bridgehead atoms. The predicted octanol–water partition coefficient (Wildman–Crippen LogP) is 3.48. The van der Waals surface area contributed by atoms with Crippen molar-refractivity contribution in [2.24, 2.45) is 0 Å². The van der Waals surface area contributed by atoms with Crippen LogP contribution in [0.1, 0.15) is 31.4 Å². The van der Waals surface area contributed by atoms with Gasteiger partial charge < -0.3 is 19.1 Å². The second kappa shape index (κ2) is 12.3. The maximum Gasteiger partial charge on any atom is 0.307 e. The zero-order valence-corrected chi connectivity index (χ0v) is 17.7. The average Bonchev–Trinajstić information content (AvgIpc) is 2.76. The number of esters is 1. The lowest BCUT2D eigenvalue weighted by Crippen LogP contribution is -2.31. The zero-order valence-electron chi connectivity index (χ0n) is 17.7. The van der Waals surface area contributed by atoms with Gasteiger partial charge in [0.1, 0.15) is 0 Å². The molecule has 0 radical (unpaired) electrons. The van der Waals surface area contributed by atoms with Crippen LogP contribution in [0.5, 0.6) is 11.5 Å². The molecular formula is C23H28N2O5. The summed E-state index contributed by atoms with van der Waals surface area (Å²) in [5.41, 5.74) is 1.68. The van der Waals surface area contributed by atoms with Gasteiger partial charge >= 0.3 is 5.97 Å². The summed E-state index contributed by atoms with van der Waals surface area (Å²) in [6.07, 6.45) is 6.70. The molecule has 0 aliphatic carbocycles. The van der Waals surface area contributed by atoms with E-state index in [2.05, 4.69) is 4.98 Å². The number of benzene rings is 1. The van der Waals surface area contributed by atoms with Crippen molar-refractivity contribution in [3.05, 3.63) is 59.9 Å². The van der Waals surface area contributed by atoms with Gasteiger partial charge in [0.2, 0.25) is 5.91 Å². The van der Waals surface area contributed by atoms with Crippen molar-refractivity contribution in [2.75, 3.05) is 26.9 Å². The lowest BCUT2D eigenvalue weighted by Gasteiger charge is -2.21. The number of rotatable bonds is 11. The Kier molecular flexibility index (Phi) is 9.37. The minimum absolute atomic E-state index is 0.130. The van der Waals surface area contributed by atoms with Gasteiger partial charge in [-0.15, -0.1) is 0 Å². The van der Waals surface area contributed by atoms with Crippen LogP contribution >= 0.6 is 0 Å². The van der Waals surface area contributed by atoms with Crippen molar-refractivity contribution in [3.63, 3.8) is 0 Å².